The summed E-state index contributed by atoms with van der Waals surface area (Å²) in [5, 5.41) is 4.77. The molecule has 0 bridgehead atoms. The van der Waals surface area contributed by atoms with Gasteiger partial charge in [0.05, 0.1) is 0 Å². The van der Waals surface area contributed by atoms with E-state index in [1.165, 1.54) is 22.0 Å². The third-order valence-corrected chi connectivity index (χ3v) is 3.05. The van der Waals surface area contributed by atoms with Gasteiger partial charge in [0.1, 0.15) is 0 Å². The van der Waals surface area contributed by atoms with E-state index in [9.17, 15) is 0 Å². The van der Waals surface area contributed by atoms with E-state index in [1.54, 1.807) is 0 Å². The zero-order chi connectivity index (χ0) is 11.5. The number of hydrogen-bond acceptors (Lipinski definition) is 1. The van der Waals surface area contributed by atoms with Crippen molar-refractivity contribution in [3.05, 3.63) is 35.5 Å². The maximum absolute atomic E-state index is 3.37. The Morgan fingerprint density at radius 1 is 1.31 bits per heavy atom. The highest BCUT2D eigenvalue weighted by Gasteiger charge is 2.05. The van der Waals surface area contributed by atoms with Gasteiger partial charge < -0.3 is 9.88 Å². The quantitative estimate of drug-likeness (QED) is 0.777. The molecule has 1 aromatic heterocycles. The SMILES string of the molecule is CCNCCc1cn(C)c2cc(C)ccc12. The summed E-state index contributed by atoms with van der Waals surface area (Å²) in [5.74, 6) is 0. The molecule has 2 heteroatoms. The average Bonchev–Trinajstić information content (AvgIpc) is 2.56. The highest BCUT2D eigenvalue weighted by molar-refractivity contribution is 5.84. The van der Waals surface area contributed by atoms with Crippen molar-refractivity contribution in [2.45, 2.75) is 20.3 Å². The maximum atomic E-state index is 3.37. The molecule has 0 aliphatic heterocycles. The Morgan fingerprint density at radius 2 is 2.12 bits per heavy atom. The number of likely N-dealkylation sites (N-methyl/N-ethyl adjacent to an activating group) is 1. The van der Waals surface area contributed by atoms with Gasteiger partial charge in [-0.25, -0.2) is 0 Å². The summed E-state index contributed by atoms with van der Waals surface area (Å²) >= 11 is 0. The molecule has 0 saturated carbocycles. The zero-order valence-corrected chi connectivity index (χ0v) is 10.4. The normalized spacial score (nSPS) is 11.2. The van der Waals surface area contributed by atoms with E-state index in [0.717, 1.165) is 19.5 Å². The molecule has 16 heavy (non-hydrogen) atoms. The lowest BCUT2D eigenvalue weighted by molar-refractivity contribution is 0.717. The predicted molar refractivity (Wildman–Crippen MR) is 69.9 cm³/mol. The maximum Gasteiger partial charge on any atom is 0.0483 e. The molecule has 1 heterocycles. The molecular weight excluding hydrogens is 196 g/mol. The molecule has 0 fully saturated rings. The van der Waals surface area contributed by atoms with Crippen LogP contribution in [0.2, 0.25) is 0 Å². The predicted octanol–water partition coefficient (Wildman–Crippen LogP) is 2.64. The summed E-state index contributed by atoms with van der Waals surface area (Å²) in [6, 6.07) is 6.69. The Balaban J connectivity index is 2.32. The fraction of sp³-hybridized carbons (Fsp3) is 0.429. The van der Waals surface area contributed by atoms with Gasteiger partial charge in [-0.05, 0) is 43.6 Å². The van der Waals surface area contributed by atoms with Gasteiger partial charge >= 0.3 is 0 Å². The minimum atomic E-state index is 1.05. The summed E-state index contributed by atoms with van der Waals surface area (Å²) in [6.07, 6.45) is 3.36. The van der Waals surface area contributed by atoms with Crippen LogP contribution < -0.4 is 5.32 Å². The molecular formula is C14H20N2. The van der Waals surface area contributed by atoms with Crippen LogP contribution in [0.3, 0.4) is 0 Å². The van der Waals surface area contributed by atoms with Crippen LogP contribution in [0.25, 0.3) is 10.9 Å². The fourth-order valence-corrected chi connectivity index (χ4v) is 2.18. The molecule has 2 rings (SSSR count). The van der Waals surface area contributed by atoms with Gasteiger partial charge in [0, 0.05) is 24.1 Å². The van der Waals surface area contributed by atoms with Crippen LogP contribution >= 0.6 is 0 Å². The lowest BCUT2D eigenvalue weighted by Gasteiger charge is -2.00. The topological polar surface area (TPSA) is 17.0 Å². The first-order chi connectivity index (χ1) is 7.72. The Bertz CT molecular complexity index is 483. The van der Waals surface area contributed by atoms with E-state index in [1.807, 2.05) is 0 Å². The molecule has 0 aliphatic rings. The number of benzene rings is 1. The molecule has 1 N–H and O–H groups in total. The second kappa shape index (κ2) is 4.71. The van der Waals surface area contributed by atoms with Crippen LogP contribution in [0.15, 0.2) is 24.4 Å². The van der Waals surface area contributed by atoms with Crippen LogP contribution in [0.4, 0.5) is 0 Å². The summed E-state index contributed by atoms with van der Waals surface area (Å²) in [4.78, 5) is 0. The zero-order valence-electron chi connectivity index (χ0n) is 10.4. The van der Waals surface area contributed by atoms with Crippen molar-refractivity contribution < 1.29 is 0 Å². The highest BCUT2D eigenvalue weighted by Crippen LogP contribution is 2.21. The van der Waals surface area contributed by atoms with Crippen molar-refractivity contribution >= 4 is 10.9 Å². The summed E-state index contributed by atoms with van der Waals surface area (Å²) in [7, 11) is 2.12. The van der Waals surface area contributed by atoms with Crippen LogP contribution in [-0.2, 0) is 13.5 Å². The van der Waals surface area contributed by atoms with Crippen LogP contribution in [0.5, 0.6) is 0 Å². The van der Waals surface area contributed by atoms with Gasteiger partial charge in [-0.3, -0.25) is 0 Å². The second-order valence-electron chi connectivity index (χ2n) is 4.39. The lowest BCUT2D eigenvalue weighted by Crippen LogP contribution is -2.15. The molecule has 86 valence electrons. The van der Waals surface area contributed by atoms with Gasteiger partial charge in [-0.1, -0.05) is 19.1 Å². The van der Waals surface area contributed by atoms with E-state index < -0.39 is 0 Å². The van der Waals surface area contributed by atoms with Crippen molar-refractivity contribution in [2.75, 3.05) is 13.1 Å². The molecule has 0 amide bonds. The fourth-order valence-electron chi connectivity index (χ4n) is 2.18. The Morgan fingerprint density at radius 3 is 2.88 bits per heavy atom. The van der Waals surface area contributed by atoms with Gasteiger partial charge in [-0.2, -0.15) is 0 Å². The highest BCUT2D eigenvalue weighted by atomic mass is 14.9. The Hall–Kier alpha value is -1.28. The Kier molecular flexibility index (Phi) is 3.30. The molecule has 0 spiro atoms. The number of fused-ring (bicyclic) bond motifs is 1. The first-order valence-corrected chi connectivity index (χ1v) is 5.97. The third kappa shape index (κ3) is 2.12. The van der Waals surface area contributed by atoms with Crippen molar-refractivity contribution in [3.8, 4) is 0 Å². The molecule has 0 unspecified atom stereocenters. The number of aryl methyl sites for hydroxylation is 2. The number of rotatable bonds is 4. The third-order valence-electron chi connectivity index (χ3n) is 3.05. The van der Waals surface area contributed by atoms with E-state index in [-0.39, 0.29) is 0 Å². The summed E-state index contributed by atoms with van der Waals surface area (Å²) in [6.45, 7) is 6.39. The number of hydrogen-bond donors (Lipinski definition) is 1. The minimum absolute atomic E-state index is 1.05. The average molecular weight is 216 g/mol. The smallest absolute Gasteiger partial charge is 0.0483 e. The van der Waals surface area contributed by atoms with E-state index in [4.69, 9.17) is 0 Å². The van der Waals surface area contributed by atoms with Crippen molar-refractivity contribution in [2.24, 2.45) is 7.05 Å². The minimum Gasteiger partial charge on any atom is -0.350 e. The van der Waals surface area contributed by atoms with Gasteiger partial charge in [-0.15, -0.1) is 0 Å². The molecule has 0 atom stereocenters. The van der Waals surface area contributed by atoms with Crippen molar-refractivity contribution in [1.82, 2.24) is 9.88 Å². The van der Waals surface area contributed by atoms with Crippen LogP contribution in [-0.4, -0.2) is 17.7 Å². The van der Waals surface area contributed by atoms with Crippen LogP contribution in [0, 0.1) is 6.92 Å². The summed E-state index contributed by atoms with van der Waals surface area (Å²) < 4.78 is 2.23. The molecule has 2 aromatic rings. The van der Waals surface area contributed by atoms with E-state index in [2.05, 4.69) is 55.2 Å². The Labute approximate surface area is 97.3 Å². The molecule has 0 saturated heterocycles. The molecule has 0 aliphatic carbocycles. The second-order valence-corrected chi connectivity index (χ2v) is 4.39. The van der Waals surface area contributed by atoms with Gasteiger partial charge in [0.2, 0.25) is 0 Å². The number of aromatic nitrogens is 1. The summed E-state index contributed by atoms with van der Waals surface area (Å²) in [5.41, 5.74) is 4.11. The first-order valence-electron chi connectivity index (χ1n) is 5.97. The van der Waals surface area contributed by atoms with E-state index in [0.29, 0.717) is 0 Å². The van der Waals surface area contributed by atoms with Crippen molar-refractivity contribution in [3.63, 3.8) is 0 Å². The molecule has 0 radical (unpaired) electrons. The van der Waals surface area contributed by atoms with Gasteiger partial charge in [0.25, 0.3) is 0 Å². The van der Waals surface area contributed by atoms with Crippen molar-refractivity contribution in [1.29, 1.82) is 0 Å². The first kappa shape index (κ1) is 11.2. The standard InChI is InChI=1S/C14H20N2/c1-4-15-8-7-12-10-16(3)14-9-11(2)5-6-13(12)14/h5-6,9-10,15H,4,7-8H2,1-3H3. The monoisotopic (exact) mass is 216 g/mol. The molecule has 1 aromatic carbocycles. The number of nitrogens with zero attached hydrogens (tertiary/aromatic N) is 1. The van der Waals surface area contributed by atoms with Crippen LogP contribution in [0.1, 0.15) is 18.1 Å². The number of nitrogens with one attached hydrogen (secondary N) is 1. The van der Waals surface area contributed by atoms with E-state index >= 15 is 0 Å². The van der Waals surface area contributed by atoms with Gasteiger partial charge in [0.15, 0.2) is 0 Å². The largest absolute Gasteiger partial charge is 0.350 e. The lowest BCUT2D eigenvalue weighted by atomic mass is 10.1. The molecule has 2 nitrogen and oxygen atoms in total.